The summed E-state index contributed by atoms with van der Waals surface area (Å²) in [5.74, 6) is -2.75. The third-order valence-electron chi connectivity index (χ3n) is 7.82. The number of rotatable bonds is 8. The number of hydrogen-bond donors (Lipinski definition) is 0. The number of anilines is 1. The Morgan fingerprint density at radius 1 is 0.953 bits per heavy atom. The number of esters is 3. The summed E-state index contributed by atoms with van der Waals surface area (Å²) in [6, 6.07) is 10.6. The minimum atomic E-state index is -4.25. The van der Waals surface area contributed by atoms with Gasteiger partial charge in [0.1, 0.15) is 6.04 Å². The summed E-state index contributed by atoms with van der Waals surface area (Å²) in [6.45, 7) is 4.65. The lowest BCUT2D eigenvalue weighted by molar-refractivity contribution is -0.149. The van der Waals surface area contributed by atoms with Crippen molar-refractivity contribution in [1.29, 1.82) is 0 Å². The van der Waals surface area contributed by atoms with Crippen molar-refractivity contribution in [3.05, 3.63) is 83.5 Å². The molecule has 0 bridgehead atoms. The summed E-state index contributed by atoms with van der Waals surface area (Å²) in [6.07, 6.45) is 3.60. The maximum atomic E-state index is 14.2. The summed E-state index contributed by atoms with van der Waals surface area (Å²) in [5.41, 5.74) is 0.526. The number of ether oxygens (including phenoxy) is 3. The zero-order chi connectivity index (χ0) is 31.5. The Morgan fingerprint density at radius 2 is 1.60 bits per heavy atom. The summed E-state index contributed by atoms with van der Waals surface area (Å²) >= 11 is 0. The molecule has 1 amide bonds. The van der Waals surface area contributed by atoms with E-state index in [2.05, 4.69) is 0 Å². The number of amides is 1. The molecule has 11 nitrogen and oxygen atoms in total. The van der Waals surface area contributed by atoms with Gasteiger partial charge < -0.3 is 19.1 Å². The number of para-hydroxylation sites is 1. The second kappa shape index (κ2) is 12.5. The zero-order valence-corrected chi connectivity index (χ0v) is 25.4. The molecule has 228 valence electrons. The number of nitrogens with zero attached hydrogens (tertiary/aromatic N) is 2. The van der Waals surface area contributed by atoms with Gasteiger partial charge in [-0.25, -0.2) is 18.0 Å². The Morgan fingerprint density at radius 3 is 2.21 bits per heavy atom. The molecular formula is C31H34N2O9S. The molecule has 0 saturated carbocycles. The first kappa shape index (κ1) is 31.6. The molecule has 0 aliphatic carbocycles. The quantitative estimate of drug-likeness (QED) is 0.191. The SMILES string of the molecule is CCOC(=O)C1N(S(=O)(=O)c2ccc(C)cc2)CCC12c1ccccc1N(C(C)=O)C2C(/C=C\C(=O)OC)=C\C(=O)OC. The number of fused-ring (bicyclic) bond motifs is 2. The lowest BCUT2D eigenvalue weighted by Crippen LogP contribution is -2.58. The van der Waals surface area contributed by atoms with Crippen molar-refractivity contribution in [2.24, 2.45) is 0 Å². The molecule has 1 fully saturated rings. The van der Waals surface area contributed by atoms with E-state index in [0.717, 1.165) is 22.0 Å². The first-order valence-corrected chi connectivity index (χ1v) is 15.1. The molecule has 3 atom stereocenters. The summed E-state index contributed by atoms with van der Waals surface area (Å²) < 4.78 is 44.6. The van der Waals surface area contributed by atoms with E-state index in [1.54, 1.807) is 43.3 Å². The van der Waals surface area contributed by atoms with E-state index >= 15 is 0 Å². The molecule has 0 N–H and O–H groups in total. The molecule has 3 unspecified atom stereocenters. The fourth-order valence-corrected chi connectivity index (χ4v) is 7.71. The van der Waals surface area contributed by atoms with E-state index in [-0.39, 0.29) is 30.0 Å². The van der Waals surface area contributed by atoms with Crippen LogP contribution in [0.1, 0.15) is 31.4 Å². The van der Waals surface area contributed by atoms with Gasteiger partial charge in [-0.1, -0.05) is 35.9 Å². The number of hydrogen-bond acceptors (Lipinski definition) is 9. The van der Waals surface area contributed by atoms with E-state index < -0.39 is 51.3 Å². The highest BCUT2D eigenvalue weighted by molar-refractivity contribution is 7.89. The van der Waals surface area contributed by atoms with Gasteiger partial charge in [-0.2, -0.15) is 4.31 Å². The molecule has 43 heavy (non-hydrogen) atoms. The highest BCUT2D eigenvalue weighted by Crippen LogP contribution is 2.57. The lowest BCUT2D eigenvalue weighted by Gasteiger charge is -2.40. The maximum absolute atomic E-state index is 14.2. The van der Waals surface area contributed by atoms with Gasteiger partial charge in [0.2, 0.25) is 15.9 Å². The Labute approximate surface area is 250 Å². The standard InChI is InChI=1S/C31H34N2O9S/c1-6-42-30(37)29-31(17-18-32(29)43(38,39)23-14-11-20(2)12-15-23)24-9-7-8-10-25(24)33(21(3)34)28(31)22(19-27(36)41-5)13-16-26(35)40-4/h7-16,19,28-29H,6,17-18H2,1-5H3/b16-13-,22-19-. The Hall–Kier alpha value is -4.29. The predicted molar refractivity (Wildman–Crippen MR) is 156 cm³/mol. The van der Waals surface area contributed by atoms with Gasteiger partial charge in [-0.05, 0) is 55.7 Å². The van der Waals surface area contributed by atoms with Crippen LogP contribution in [0.3, 0.4) is 0 Å². The fourth-order valence-electron chi connectivity index (χ4n) is 6.08. The van der Waals surface area contributed by atoms with Crippen LogP contribution in [0.2, 0.25) is 0 Å². The van der Waals surface area contributed by atoms with Gasteiger partial charge >= 0.3 is 17.9 Å². The third-order valence-corrected chi connectivity index (χ3v) is 9.70. The van der Waals surface area contributed by atoms with Crippen molar-refractivity contribution in [2.75, 3.05) is 32.3 Å². The monoisotopic (exact) mass is 610 g/mol. The van der Waals surface area contributed by atoms with E-state index in [9.17, 15) is 27.6 Å². The van der Waals surface area contributed by atoms with Crippen molar-refractivity contribution in [2.45, 2.75) is 49.6 Å². The van der Waals surface area contributed by atoms with Crippen molar-refractivity contribution in [1.82, 2.24) is 4.31 Å². The minimum Gasteiger partial charge on any atom is -0.466 e. The molecule has 2 aliphatic heterocycles. The predicted octanol–water partition coefficient (Wildman–Crippen LogP) is 2.82. The van der Waals surface area contributed by atoms with Crippen molar-refractivity contribution < 1.29 is 41.8 Å². The van der Waals surface area contributed by atoms with E-state index in [1.165, 1.54) is 44.3 Å². The molecule has 2 aromatic rings. The van der Waals surface area contributed by atoms with Crippen LogP contribution in [0.15, 0.2) is 77.2 Å². The smallest absolute Gasteiger partial charge is 0.330 e. The molecule has 0 aromatic heterocycles. The van der Waals surface area contributed by atoms with Crippen molar-refractivity contribution >= 4 is 39.5 Å². The average Bonchev–Trinajstić information content (AvgIpc) is 3.53. The molecule has 0 radical (unpaired) electrons. The van der Waals surface area contributed by atoms with Gasteiger partial charge in [0, 0.05) is 31.3 Å². The summed E-state index contributed by atoms with van der Waals surface area (Å²) in [4.78, 5) is 53.5. The van der Waals surface area contributed by atoms with Crippen LogP contribution in [0, 0.1) is 6.92 Å². The van der Waals surface area contributed by atoms with Gasteiger partial charge in [0.25, 0.3) is 0 Å². The zero-order valence-electron chi connectivity index (χ0n) is 24.6. The molecule has 12 heteroatoms. The second-order valence-electron chi connectivity index (χ2n) is 10.2. The molecule has 2 aromatic carbocycles. The Kier molecular flexibility index (Phi) is 9.21. The summed E-state index contributed by atoms with van der Waals surface area (Å²) in [7, 11) is -1.89. The highest BCUT2D eigenvalue weighted by Gasteiger charge is 2.66. The minimum absolute atomic E-state index is 0.00776. The molecule has 1 saturated heterocycles. The van der Waals surface area contributed by atoms with E-state index in [4.69, 9.17) is 14.2 Å². The van der Waals surface area contributed by atoms with Crippen LogP contribution < -0.4 is 4.90 Å². The van der Waals surface area contributed by atoms with Crippen LogP contribution >= 0.6 is 0 Å². The fraction of sp³-hybridized carbons (Fsp3) is 0.355. The van der Waals surface area contributed by atoms with Crippen LogP contribution in [0.4, 0.5) is 5.69 Å². The first-order valence-electron chi connectivity index (χ1n) is 13.6. The van der Waals surface area contributed by atoms with Crippen molar-refractivity contribution in [3.8, 4) is 0 Å². The van der Waals surface area contributed by atoms with Crippen LogP contribution in [0.5, 0.6) is 0 Å². The van der Waals surface area contributed by atoms with Crippen LogP contribution in [-0.4, -0.2) is 76.0 Å². The van der Waals surface area contributed by atoms with Crippen LogP contribution in [-0.2, 0) is 48.8 Å². The number of sulfonamides is 1. The second-order valence-corrected chi connectivity index (χ2v) is 12.1. The number of aryl methyl sites for hydroxylation is 1. The average molecular weight is 611 g/mol. The Balaban J connectivity index is 2.05. The van der Waals surface area contributed by atoms with Gasteiger partial charge in [0.15, 0.2) is 0 Å². The third kappa shape index (κ3) is 5.59. The first-order chi connectivity index (χ1) is 20.4. The number of methoxy groups -OCH3 is 2. The lowest BCUT2D eigenvalue weighted by atomic mass is 9.68. The van der Waals surface area contributed by atoms with Gasteiger partial charge in [-0.15, -0.1) is 0 Å². The van der Waals surface area contributed by atoms with Crippen molar-refractivity contribution in [3.63, 3.8) is 0 Å². The van der Waals surface area contributed by atoms with E-state index in [0.29, 0.717) is 11.3 Å². The maximum Gasteiger partial charge on any atom is 0.330 e. The summed E-state index contributed by atoms with van der Waals surface area (Å²) in [5, 5.41) is 0. The van der Waals surface area contributed by atoms with Crippen LogP contribution in [0.25, 0.3) is 0 Å². The van der Waals surface area contributed by atoms with E-state index in [1.807, 2.05) is 6.92 Å². The molecule has 4 rings (SSSR count). The topological polar surface area (TPSA) is 137 Å². The normalized spacial score (nSPS) is 22.1. The molecule has 1 spiro atoms. The molecule has 2 aliphatic rings. The highest BCUT2D eigenvalue weighted by atomic mass is 32.2. The van der Waals surface area contributed by atoms with Gasteiger partial charge in [-0.3, -0.25) is 9.59 Å². The number of benzene rings is 2. The molecule has 2 heterocycles. The Bertz CT molecular complexity index is 1600. The molecular weight excluding hydrogens is 576 g/mol. The number of carbonyl (C=O) groups excluding carboxylic acids is 4. The number of carbonyl (C=O) groups is 4. The largest absolute Gasteiger partial charge is 0.466 e. The van der Waals surface area contributed by atoms with Gasteiger partial charge in [0.05, 0.1) is 37.2 Å².